The van der Waals surface area contributed by atoms with Crippen LogP contribution in [0.15, 0.2) is 36.4 Å². The first-order valence-corrected chi connectivity index (χ1v) is 6.86. The summed E-state index contributed by atoms with van der Waals surface area (Å²) in [6.07, 6.45) is 0. The zero-order valence-electron chi connectivity index (χ0n) is 13.7. The average molecular weight is 368 g/mol. The van der Waals surface area contributed by atoms with Gasteiger partial charge in [-0.2, -0.15) is 4.39 Å². The number of methoxy groups -OCH3 is 2. The molecule has 0 saturated carbocycles. The zero-order chi connectivity index (χ0) is 19.9. The van der Waals surface area contributed by atoms with Crippen LogP contribution in [-0.4, -0.2) is 31.1 Å². The molecule has 0 heterocycles. The number of rotatable bonds is 3. The molecular formula is C16H14F2N2O6. The predicted molar refractivity (Wildman–Crippen MR) is 86.5 cm³/mol. The molecule has 0 unspecified atom stereocenters. The molecule has 0 amide bonds. The first-order valence-electron chi connectivity index (χ1n) is 6.86. The molecule has 2 rings (SSSR count). The standard InChI is InChI=1S/C8H6FNO4.C8H8FNO2/c1-14-8(11)5-2-3-7(10(12)13)6(9)4-5;1-12-8(11)5-2-3-7(10)6(9)4-5/h2-4H,1H3;2-4H,10H2,1H3. The number of halogens is 2. The van der Waals surface area contributed by atoms with Gasteiger partial charge in [-0.15, -0.1) is 0 Å². The average Bonchev–Trinajstić information content (AvgIpc) is 2.62. The van der Waals surface area contributed by atoms with Crippen molar-refractivity contribution in [3.8, 4) is 0 Å². The van der Waals surface area contributed by atoms with Crippen LogP contribution in [-0.2, 0) is 9.47 Å². The fourth-order valence-electron chi connectivity index (χ4n) is 1.67. The maximum absolute atomic E-state index is 12.9. The minimum atomic E-state index is -1.06. The summed E-state index contributed by atoms with van der Waals surface area (Å²) in [6.45, 7) is 0. The molecule has 10 heteroatoms. The monoisotopic (exact) mass is 368 g/mol. The number of benzene rings is 2. The van der Waals surface area contributed by atoms with Crippen LogP contribution in [0.25, 0.3) is 0 Å². The van der Waals surface area contributed by atoms with Gasteiger partial charge in [0.2, 0.25) is 5.82 Å². The van der Waals surface area contributed by atoms with Crippen molar-refractivity contribution < 1.29 is 32.8 Å². The number of carbonyl (C=O) groups excluding carboxylic acids is 2. The maximum Gasteiger partial charge on any atom is 0.337 e. The molecule has 0 saturated heterocycles. The Morgan fingerprint density at radius 3 is 1.81 bits per heavy atom. The number of nitro benzene ring substituents is 1. The Morgan fingerprint density at radius 2 is 1.42 bits per heavy atom. The van der Waals surface area contributed by atoms with Gasteiger partial charge in [-0.25, -0.2) is 14.0 Å². The van der Waals surface area contributed by atoms with Crippen molar-refractivity contribution in [1.29, 1.82) is 0 Å². The van der Waals surface area contributed by atoms with Crippen LogP contribution in [0.1, 0.15) is 20.7 Å². The summed E-state index contributed by atoms with van der Waals surface area (Å²) in [5.41, 5.74) is 4.65. The van der Waals surface area contributed by atoms with Crippen LogP contribution in [0.3, 0.4) is 0 Å². The smallest absolute Gasteiger partial charge is 0.337 e. The van der Waals surface area contributed by atoms with Crippen molar-refractivity contribution in [3.63, 3.8) is 0 Å². The molecule has 0 atom stereocenters. The highest BCUT2D eigenvalue weighted by Crippen LogP contribution is 2.18. The van der Waals surface area contributed by atoms with Gasteiger partial charge in [0.15, 0.2) is 0 Å². The Bertz CT molecular complexity index is 841. The Labute approximate surface area is 146 Å². The lowest BCUT2D eigenvalue weighted by atomic mass is 10.2. The third-order valence-electron chi connectivity index (χ3n) is 2.99. The summed E-state index contributed by atoms with van der Waals surface area (Å²) < 4.78 is 34.4. The number of nitro groups is 1. The highest BCUT2D eigenvalue weighted by Gasteiger charge is 2.16. The summed E-state index contributed by atoms with van der Waals surface area (Å²) >= 11 is 0. The van der Waals surface area contributed by atoms with E-state index in [0.29, 0.717) is 0 Å². The SMILES string of the molecule is COC(=O)c1ccc(N)c(F)c1.COC(=O)c1ccc([N+](=O)[O-])c(F)c1. The maximum atomic E-state index is 12.9. The summed E-state index contributed by atoms with van der Waals surface area (Å²) in [4.78, 5) is 31.1. The number of nitrogens with zero attached hydrogens (tertiary/aromatic N) is 1. The topological polar surface area (TPSA) is 122 Å². The van der Waals surface area contributed by atoms with E-state index in [2.05, 4.69) is 9.47 Å². The molecule has 0 radical (unpaired) electrons. The van der Waals surface area contributed by atoms with Crippen molar-refractivity contribution in [2.24, 2.45) is 0 Å². The van der Waals surface area contributed by atoms with Crippen LogP contribution in [0.5, 0.6) is 0 Å². The van der Waals surface area contributed by atoms with Gasteiger partial charge in [0.1, 0.15) is 5.82 Å². The van der Waals surface area contributed by atoms with Crippen LogP contribution in [0, 0.1) is 21.7 Å². The van der Waals surface area contributed by atoms with Crippen molar-refractivity contribution >= 4 is 23.3 Å². The van der Waals surface area contributed by atoms with Crippen molar-refractivity contribution in [2.45, 2.75) is 0 Å². The third-order valence-corrected chi connectivity index (χ3v) is 2.99. The van der Waals surface area contributed by atoms with Crippen molar-refractivity contribution in [2.75, 3.05) is 20.0 Å². The van der Waals surface area contributed by atoms with Gasteiger partial charge < -0.3 is 15.2 Å². The van der Waals surface area contributed by atoms with E-state index < -0.39 is 34.2 Å². The highest BCUT2D eigenvalue weighted by molar-refractivity contribution is 5.90. The highest BCUT2D eigenvalue weighted by atomic mass is 19.1. The lowest BCUT2D eigenvalue weighted by Gasteiger charge is -2.00. The molecule has 0 aliphatic carbocycles. The molecule has 2 aromatic rings. The number of hydrogen-bond acceptors (Lipinski definition) is 7. The van der Waals surface area contributed by atoms with Crippen LogP contribution >= 0.6 is 0 Å². The number of nitrogens with two attached hydrogens (primary N) is 1. The Balaban J connectivity index is 0.000000263. The first-order chi connectivity index (χ1) is 12.2. The normalized spacial score (nSPS) is 9.54. The number of esters is 2. The quantitative estimate of drug-likeness (QED) is 0.382. The lowest BCUT2D eigenvalue weighted by molar-refractivity contribution is -0.387. The van der Waals surface area contributed by atoms with E-state index in [0.717, 1.165) is 31.4 Å². The molecular weight excluding hydrogens is 354 g/mol. The molecule has 2 N–H and O–H groups in total. The van der Waals surface area contributed by atoms with Crippen LogP contribution in [0.2, 0.25) is 0 Å². The largest absolute Gasteiger partial charge is 0.465 e. The third kappa shape index (κ3) is 5.23. The number of nitrogen functional groups attached to an aromatic ring is 1. The number of anilines is 1. The molecule has 0 aliphatic heterocycles. The molecule has 0 aliphatic rings. The zero-order valence-corrected chi connectivity index (χ0v) is 13.7. The Hall–Kier alpha value is -3.56. The Morgan fingerprint density at radius 1 is 0.962 bits per heavy atom. The minimum absolute atomic E-state index is 0.0163. The van der Waals surface area contributed by atoms with Crippen molar-refractivity contribution in [1.82, 2.24) is 0 Å². The number of ether oxygens (including phenoxy) is 2. The second-order valence-electron chi connectivity index (χ2n) is 4.64. The first kappa shape index (κ1) is 20.5. The second kappa shape index (κ2) is 9.06. The van der Waals surface area contributed by atoms with Crippen LogP contribution in [0.4, 0.5) is 20.2 Å². The van der Waals surface area contributed by atoms with Crippen LogP contribution < -0.4 is 5.73 Å². The van der Waals surface area contributed by atoms with E-state index >= 15 is 0 Å². The van der Waals surface area contributed by atoms with E-state index in [1.165, 1.54) is 19.2 Å². The van der Waals surface area contributed by atoms with Gasteiger partial charge in [0.05, 0.1) is 36.0 Å². The summed E-state index contributed by atoms with van der Waals surface area (Å²) in [6, 6.07) is 6.59. The van der Waals surface area contributed by atoms with E-state index in [1.54, 1.807) is 0 Å². The summed E-state index contributed by atoms with van der Waals surface area (Å²) in [5, 5.41) is 10.2. The molecule has 138 valence electrons. The molecule has 2 aromatic carbocycles. The van der Waals surface area contributed by atoms with Crippen molar-refractivity contribution in [3.05, 3.63) is 69.3 Å². The predicted octanol–water partition coefficient (Wildman–Crippen LogP) is 2.72. The van der Waals surface area contributed by atoms with Gasteiger partial charge in [0.25, 0.3) is 0 Å². The molecule has 0 spiro atoms. The van der Waals surface area contributed by atoms with E-state index in [-0.39, 0.29) is 16.8 Å². The summed E-state index contributed by atoms with van der Waals surface area (Å²) in [7, 11) is 2.37. The molecule has 0 bridgehead atoms. The van der Waals surface area contributed by atoms with E-state index in [9.17, 15) is 28.5 Å². The van der Waals surface area contributed by atoms with Gasteiger partial charge in [0, 0.05) is 6.07 Å². The lowest BCUT2D eigenvalue weighted by Crippen LogP contribution is -2.02. The number of hydrogen-bond donors (Lipinski definition) is 1. The van der Waals surface area contributed by atoms with Gasteiger partial charge >= 0.3 is 17.6 Å². The number of carbonyl (C=O) groups is 2. The molecule has 0 aromatic heterocycles. The fraction of sp³-hybridized carbons (Fsp3) is 0.125. The fourth-order valence-corrected chi connectivity index (χ4v) is 1.67. The van der Waals surface area contributed by atoms with E-state index in [1.807, 2.05) is 0 Å². The van der Waals surface area contributed by atoms with E-state index in [4.69, 9.17) is 5.73 Å². The molecule has 8 nitrogen and oxygen atoms in total. The summed E-state index contributed by atoms with van der Waals surface area (Å²) in [5.74, 6) is -2.98. The Kier molecular flexibility index (Phi) is 7.14. The molecule has 26 heavy (non-hydrogen) atoms. The second-order valence-corrected chi connectivity index (χ2v) is 4.64. The van der Waals surface area contributed by atoms with Gasteiger partial charge in [-0.1, -0.05) is 0 Å². The molecule has 0 fully saturated rings. The van der Waals surface area contributed by atoms with Gasteiger partial charge in [-0.3, -0.25) is 10.1 Å². The minimum Gasteiger partial charge on any atom is -0.465 e. The van der Waals surface area contributed by atoms with Gasteiger partial charge in [-0.05, 0) is 30.3 Å².